The first-order valence-corrected chi connectivity index (χ1v) is 5.82. The van der Waals surface area contributed by atoms with Crippen LogP contribution >= 0.6 is 0 Å². The second-order valence-electron chi connectivity index (χ2n) is 4.14. The zero-order valence-electron chi connectivity index (χ0n) is 10.5. The van der Waals surface area contributed by atoms with Crippen LogP contribution in [0, 0.1) is 0 Å². The van der Waals surface area contributed by atoms with Crippen molar-refractivity contribution in [3.63, 3.8) is 0 Å². The summed E-state index contributed by atoms with van der Waals surface area (Å²) in [5.41, 5.74) is 5.39. The van der Waals surface area contributed by atoms with Crippen molar-refractivity contribution in [2.24, 2.45) is 5.73 Å². The van der Waals surface area contributed by atoms with E-state index in [1.54, 1.807) is 17.0 Å². The first-order valence-electron chi connectivity index (χ1n) is 5.82. The number of carbonyl (C=O) groups is 3. The molecule has 3 amide bonds. The largest absolute Gasteiger partial charge is 0.489 e. The number of fused-ring (bicyclic) bond motifs is 1. The number of amides is 3. The zero-order valence-corrected chi connectivity index (χ0v) is 10.5. The van der Waals surface area contributed by atoms with Gasteiger partial charge in [0.05, 0.1) is 18.8 Å². The molecular weight excluding hydrogens is 266 g/mol. The Balaban J connectivity index is 2.25. The second-order valence-corrected chi connectivity index (χ2v) is 4.14. The summed E-state index contributed by atoms with van der Waals surface area (Å²) in [5.74, 6) is -1.45. The Morgan fingerprint density at radius 1 is 1.40 bits per heavy atom. The molecule has 1 aromatic carbocycles. The molecule has 0 aliphatic carbocycles. The number of aromatic carboxylic acids is 1. The molecule has 0 aromatic heterocycles. The van der Waals surface area contributed by atoms with Crippen molar-refractivity contribution in [2.45, 2.75) is 0 Å². The molecule has 1 aliphatic heterocycles. The monoisotopic (exact) mass is 279 g/mol. The van der Waals surface area contributed by atoms with E-state index in [1.165, 1.54) is 6.07 Å². The summed E-state index contributed by atoms with van der Waals surface area (Å²) in [6, 6.07) is 3.71. The molecule has 8 nitrogen and oxygen atoms in total. The minimum absolute atomic E-state index is 0.0301. The fourth-order valence-electron chi connectivity index (χ4n) is 1.99. The number of rotatable bonds is 3. The van der Waals surface area contributed by atoms with E-state index < -0.39 is 17.9 Å². The molecule has 0 atom stereocenters. The third kappa shape index (κ3) is 2.79. The quantitative estimate of drug-likeness (QED) is 0.703. The van der Waals surface area contributed by atoms with Crippen LogP contribution in [0.1, 0.15) is 10.4 Å². The van der Waals surface area contributed by atoms with Gasteiger partial charge in [-0.25, -0.2) is 9.59 Å². The first-order chi connectivity index (χ1) is 9.49. The number of anilines is 1. The van der Waals surface area contributed by atoms with E-state index >= 15 is 0 Å². The molecule has 8 heteroatoms. The van der Waals surface area contributed by atoms with Crippen molar-refractivity contribution < 1.29 is 24.2 Å². The predicted molar refractivity (Wildman–Crippen MR) is 68.8 cm³/mol. The van der Waals surface area contributed by atoms with Crippen LogP contribution in [-0.4, -0.2) is 42.7 Å². The lowest BCUT2D eigenvalue weighted by molar-refractivity contribution is -0.118. The van der Waals surface area contributed by atoms with Gasteiger partial charge in [0.2, 0.25) is 5.91 Å². The molecule has 0 unspecified atom stereocenters. The Kier molecular flexibility index (Phi) is 3.74. The number of carbonyl (C=O) groups excluding carboxylic acids is 2. The van der Waals surface area contributed by atoms with Gasteiger partial charge in [0, 0.05) is 0 Å². The number of primary amides is 1. The molecule has 2 rings (SSSR count). The van der Waals surface area contributed by atoms with Gasteiger partial charge in [-0.3, -0.25) is 10.1 Å². The van der Waals surface area contributed by atoms with E-state index in [0.29, 0.717) is 12.2 Å². The molecule has 20 heavy (non-hydrogen) atoms. The normalized spacial score (nSPS) is 13.1. The number of hydrogen-bond acceptors (Lipinski definition) is 5. The maximum atomic E-state index is 11.5. The summed E-state index contributed by atoms with van der Waals surface area (Å²) in [6.45, 7) is 0.547. The van der Waals surface area contributed by atoms with Crippen molar-refractivity contribution in [2.75, 3.05) is 24.6 Å². The lowest BCUT2D eigenvalue weighted by Crippen LogP contribution is -2.44. The van der Waals surface area contributed by atoms with Crippen molar-refractivity contribution in [1.29, 1.82) is 0 Å². The van der Waals surface area contributed by atoms with E-state index in [1.807, 2.05) is 5.32 Å². The van der Waals surface area contributed by atoms with E-state index in [4.69, 9.17) is 15.6 Å². The Hall–Kier alpha value is -2.77. The SMILES string of the molecule is NC(=O)NC(=O)CN1CCOc2c(C(=O)O)cccc21. The van der Waals surface area contributed by atoms with Gasteiger partial charge in [0.15, 0.2) is 5.75 Å². The fourth-order valence-corrected chi connectivity index (χ4v) is 1.99. The fraction of sp³-hybridized carbons (Fsp3) is 0.250. The molecule has 1 aliphatic rings. The van der Waals surface area contributed by atoms with E-state index in [0.717, 1.165) is 0 Å². The third-order valence-electron chi connectivity index (χ3n) is 2.77. The molecule has 4 N–H and O–H groups in total. The number of imide groups is 1. The molecule has 0 bridgehead atoms. The minimum Gasteiger partial charge on any atom is -0.489 e. The van der Waals surface area contributed by atoms with Crippen LogP contribution in [-0.2, 0) is 4.79 Å². The first kappa shape index (κ1) is 13.7. The van der Waals surface area contributed by atoms with Crippen LogP contribution < -0.4 is 20.7 Å². The Labute approximate surface area is 114 Å². The van der Waals surface area contributed by atoms with Gasteiger partial charge >= 0.3 is 12.0 Å². The van der Waals surface area contributed by atoms with Gasteiger partial charge in [-0.15, -0.1) is 0 Å². The molecule has 0 saturated heterocycles. The van der Waals surface area contributed by atoms with Crippen LogP contribution in [0.25, 0.3) is 0 Å². The number of para-hydroxylation sites is 1. The molecule has 0 fully saturated rings. The average Bonchev–Trinajstić information content (AvgIpc) is 2.37. The van der Waals surface area contributed by atoms with Crippen LogP contribution in [0.4, 0.5) is 10.5 Å². The summed E-state index contributed by atoms with van der Waals surface area (Å²) in [7, 11) is 0. The summed E-state index contributed by atoms with van der Waals surface area (Å²) < 4.78 is 5.36. The third-order valence-corrected chi connectivity index (χ3v) is 2.77. The van der Waals surface area contributed by atoms with E-state index in [9.17, 15) is 14.4 Å². The highest BCUT2D eigenvalue weighted by Gasteiger charge is 2.25. The van der Waals surface area contributed by atoms with Crippen LogP contribution in [0.5, 0.6) is 5.75 Å². The number of ether oxygens (including phenoxy) is 1. The van der Waals surface area contributed by atoms with Crippen molar-refractivity contribution >= 4 is 23.6 Å². The van der Waals surface area contributed by atoms with Gasteiger partial charge in [-0.2, -0.15) is 0 Å². The highest BCUT2D eigenvalue weighted by molar-refractivity contribution is 5.97. The summed E-state index contributed by atoms with van der Waals surface area (Å²) in [5, 5.41) is 11.0. The summed E-state index contributed by atoms with van der Waals surface area (Å²) >= 11 is 0. The topological polar surface area (TPSA) is 122 Å². The molecule has 1 aromatic rings. The smallest absolute Gasteiger partial charge is 0.339 e. The lowest BCUT2D eigenvalue weighted by atomic mass is 10.1. The van der Waals surface area contributed by atoms with Crippen molar-refractivity contribution in [3.05, 3.63) is 23.8 Å². The Morgan fingerprint density at radius 2 is 2.15 bits per heavy atom. The maximum Gasteiger partial charge on any atom is 0.339 e. The van der Waals surface area contributed by atoms with Gasteiger partial charge < -0.3 is 20.5 Å². The maximum absolute atomic E-state index is 11.5. The molecule has 0 saturated carbocycles. The number of carboxylic acids is 1. The number of nitrogens with zero attached hydrogens (tertiary/aromatic N) is 1. The molecule has 0 radical (unpaired) electrons. The van der Waals surface area contributed by atoms with E-state index in [-0.39, 0.29) is 24.5 Å². The Morgan fingerprint density at radius 3 is 2.80 bits per heavy atom. The van der Waals surface area contributed by atoms with Crippen LogP contribution in [0.2, 0.25) is 0 Å². The molecule has 1 heterocycles. The second kappa shape index (κ2) is 5.47. The zero-order chi connectivity index (χ0) is 14.7. The van der Waals surface area contributed by atoms with Gasteiger partial charge in [-0.1, -0.05) is 6.07 Å². The average molecular weight is 279 g/mol. The van der Waals surface area contributed by atoms with Crippen molar-refractivity contribution in [1.82, 2.24) is 5.32 Å². The molecule has 106 valence electrons. The molecular formula is C12H13N3O5. The van der Waals surface area contributed by atoms with Gasteiger partial charge in [0.25, 0.3) is 0 Å². The van der Waals surface area contributed by atoms with E-state index in [2.05, 4.69) is 0 Å². The summed E-state index contributed by atoms with van der Waals surface area (Å²) in [4.78, 5) is 34.9. The van der Waals surface area contributed by atoms with Crippen LogP contribution in [0.3, 0.4) is 0 Å². The number of nitrogens with two attached hydrogens (primary N) is 1. The number of hydrogen-bond donors (Lipinski definition) is 3. The van der Waals surface area contributed by atoms with Crippen LogP contribution in [0.15, 0.2) is 18.2 Å². The van der Waals surface area contributed by atoms with Gasteiger partial charge in [0.1, 0.15) is 12.2 Å². The van der Waals surface area contributed by atoms with Gasteiger partial charge in [-0.05, 0) is 12.1 Å². The number of carboxylic acid groups (broad SMARTS) is 1. The highest BCUT2D eigenvalue weighted by atomic mass is 16.5. The van der Waals surface area contributed by atoms with Crippen molar-refractivity contribution in [3.8, 4) is 5.75 Å². The number of urea groups is 1. The number of nitrogens with one attached hydrogen (secondary N) is 1. The number of benzene rings is 1. The predicted octanol–water partition coefficient (Wildman–Crippen LogP) is -0.222. The lowest BCUT2D eigenvalue weighted by Gasteiger charge is -2.31. The minimum atomic E-state index is -1.11. The Bertz CT molecular complexity index is 572. The molecule has 0 spiro atoms. The highest BCUT2D eigenvalue weighted by Crippen LogP contribution is 2.34. The summed E-state index contributed by atoms with van der Waals surface area (Å²) in [6.07, 6.45) is 0. The standard InChI is InChI=1S/C12H13N3O5/c13-12(19)14-9(16)6-15-4-5-20-10-7(11(17)18)2-1-3-8(10)15/h1-3H,4-6H2,(H,17,18)(H3,13,14,16,19).